The third kappa shape index (κ3) is 3.12. The van der Waals surface area contributed by atoms with E-state index in [-0.39, 0.29) is 10.6 Å². The lowest BCUT2D eigenvalue weighted by molar-refractivity contribution is -0.386. The number of nitro groups is 1. The van der Waals surface area contributed by atoms with E-state index in [9.17, 15) is 10.1 Å². The van der Waals surface area contributed by atoms with Gasteiger partial charge in [-0.25, -0.2) is 0 Å². The van der Waals surface area contributed by atoms with Gasteiger partial charge in [-0.1, -0.05) is 36.4 Å². The molecule has 0 saturated heterocycles. The van der Waals surface area contributed by atoms with Crippen molar-refractivity contribution in [3.63, 3.8) is 0 Å². The second kappa shape index (κ2) is 6.54. The van der Waals surface area contributed by atoms with E-state index >= 15 is 0 Å². The molecule has 0 unspecified atom stereocenters. The lowest BCUT2D eigenvalue weighted by Gasteiger charge is -2.11. The monoisotopic (exact) mass is 323 g/mol. The van der Waals surface area contributed by atoms with Gasteiger partial charge in [0.2, 0.25) is 0 Å². The van der Waals surface area contributed by atoms with Crippen molar-refractivity contribution in [3.05, 3.63) is 81.7 Å². The third-order valence-corrected chi connectivity index (χ3v) is 3.79. The zero-order valence-corrected chi connectivity index (χ0v) is 13.5. The van der Waals surface area contributed by atoms with Crippen LogP contribution < -0.4 is 4.74 Å². The largest absolute Gasteiger partial charge is 0.457 e. The molecule has 0 bridgehead atoms. The van der Waals surface area contributed by atoms with Crippen LogP contribution in [0.25, 0.3) is 0 Å². The highest BCUT2D eigenvalue weighted by molar-refractivity contribution is 5.42. The minimum atomic E-state index is -0.388. The van der Waals surface area contributed by atoms with Crippen molar-refractivity contribution >= 4 is 5.69 Å². The Labute approximate surface area is 139 Å². The number of aryl methyl sites for hydroxylation is 1. The molecule has 24 heavy (non-hydrogen) atoms. The summed E-state index contributed by atoms with van der Waals surface area (Å²) in [6, 6.07) is 17.1. The molecular weight excluding hydrogens is 306 g/mol. The van der Waals surface area contributed by atoms with Crippen LogP contribution in [0.5, 0.6) is 11.5 Å². The summed E-state index contributed by atoms with van der Waals surface area (Å²) in [4.78, 5) is 10.8. The van der Waals surface area contributed by atoms with Crippen LogP contribution in [0.2, 0.25) is 0 Å². The molecule has 0 N–H and O–H groups in total. The van der Waals surface area contributed by atoms with Crippen LogP contribution in [-0.4, -0.2) is 14.7 Å². The zero-order valence-electron chi connectivity index (χ0n) is 13.5. The first-order valence-electron chi connectivity index (χ1n) is 7.55. The molecule has 2 aromatic carbocycles. The van der Waals surface area contributed by atoms with Gasteiger partial charge in [-0.3, -0.25) is 14.8 Å². The molecule has 6 heteroatoms. The summed E-state index contributed by atoms with van der Waals surface area (Å²) >= 11 is 0. The number of rotatable bonds is 5. The van der Waals surface area contributed by atoms with E-state index in [1.807, 2.05) is 54.6 Å². The van der Waals surface area contributed by atoms with Crippen LogP contribution >= 0.6 is 0 Å². The molecule has 0 amide bonds. The normalized spacial score (nSPS) is 10.6. The van der Waals surface area contributed by atoms with Crippen molar-refractivity contribution in [2.24, 2.45) is 0 Å². The van der Waals surface area contributed by atoms with Crippen molar-refractivity contribution in [1.29, 1.82) is 0 Å². The van der Waals surface area contributed by atoms with Crippen LogP contribution in [0.4, 0.5) is 5.69 Å². The number of para-hydroxylation sites is 2. The standard InChI is InChI=1S/C18H17N3O3/c1-13-18(21(22)23)14(2)20(19-13)12-15-8-6-7-11-17(15)24-16-9-4-3-5-10-16/h3-11H,12H2,1-2H3. The van der Waals surface area contributed by atoms with E-state index < -0.39 is 0 Å². The molecular formula is C18H17N3O3. The maximum atomic E-state index is 11.1. The fourth-order valence-electron chi connectivity index (χ4n) is 2.62. The van der Waals surface area contributed by atoms with Crippen molar-refractivity contribution in [2.75, 3.05) is 0 Å². The van der Waals surface area contributed by atoms with Crippen molar-refractivity contribution < 1.29 is 9.66 Å². The van der Waals surface area contributed by atoms with Gasteiger partial charge in [0.05, 0.1) is 11.5 Å². The van der Waals surface area contributed by atoms with Crippen molar-refractivity contribution in [2.45, 2.75) is 20.4 Å². The van der Waals surface area contributed by atoms with Gasteiger partial charge in [-0.05, 0) is 32.0 Å². The highest BCUT2D eigenvalue weighted by Crippen LogP contribution is 2.28. The van der Waals surface area contributed by atoms with Crippen LogP contribution in [0.1, 0.15) is 17.0 Å². The highest BCUT2D eigenvalue weighted by Gasteiger charge is 2.22. The first kappa shape index (κ1) is 15.7. The van der Waals surface area contributed by atoms with Crippen LogP contribution in [0.15, 0.2) is 54.6 Å². The minimum Gasteiger partial charge on any atom is -0.457 e. The van der Waals surface area contributed by atoms with E-state index in [0.29, 0.717) is 23.7 Å². The van der Waals surface area contributed by atoms with E-state index in [1.54, 1.807) is 18.5 Å². The number of hydrogen-bond donors (Lipinski definition) is 0. The van der Waals surface area contributed by atoms with Gasteiger partial charge >= 0.3 is 5.69 Å². The summed E-state index contributed by atoms with van der Waals surface area (Å²) in [6.07, 6.45) is 0. The van der Waals surface area contributed by atoms with E-state index in [0.717, 1.165) is 11.3 Å². The molecule has 3 aromatic rings. The summed E-state index contributed by atoms with van der Waals surface area (Å²) < 4.78 is 7.57. The van der Waals surface area contributed by atoms with Crippen LogP contribution in [0.3, 0.4) is 0 Å². The van der Waals surface area contributed by atoms with E-state index in [2.05, 4.69) is 5.10 Å². The maximum Gasteiger partial charge on any atom is 0.312 e. The SMILES string of the molecule is Cc1nn(Cc2ccccc2Oc2ccccc2)c(C)c1[N+](=O)[O-]. The molecule has 0 spiro atoms. The summed E-state index contributed by atoms with van der Waals surface area (Å²) in [5.41, 5.74) is 1.92. The van der Waals surface area contributed by atoms with E-state index in [4.69, 9.17) is 4.74 Å². The molecule has 1 heterocycles. The molecule has 0 atom stereocenters. The highest BCUT2D eigenvalue weighted by atomic mass is 16.6. The van der Waals surface area contributed by atoms with Gasteiger partial charge < -0.3 is 4.74 Å². The third-order valence-electron chi connectivity index (χ3n) is 3.79. The summed E-state index contributed by atoms with van der Waals surface area (Å²) in [5.74, 6) is 1.45. The summed E-state index contributed by atoms with van der Waals surface area (Å²) in [7, 11) is 0. The molecule has 122 valence electrons. The predicted octanol–water partition coefficient (Wildman–Crippen LogP) is 4.25. The molecule has 0 saturated carbocycles. The maximum absolute atomic E-state index is 11.1. The number of benzene rings is 2. The molecule has 0 fully saturated rings. The Balaban J connectivity index is 1.92. The Morgan fingerprint density at radius 3 is 2.42 bits per heavy atom. The molecule has 6 nitrogen and oxygen atoms in total. The number of ether oxygens (including phenoxy) is 1. The average molecular weight is 323 g/mol. The Bertz CT molecular complexity index is 872. The molecule has 0 aliphatic heterocycles. The van der Waals surface area contributed by atoms with Gasteiger partial charge in [0.25, 0.3) is 0 Å². The number of hydrogen-bond acceptors (Lipinski definition) is 4. The second-order valence-electron chi connectivity index (χ2n) is 5.46. The molecule has 1 aromatic heterocycles. The van der Waals surface area contributed by atoms with Gasteiger partial charge in [0, 0.05) is 5.56 Å². The minimum absolute atomic E-state index is 0.0662. The van der Waals surface area contributed by atoms with Crippen molar-refractivity contribution in [1.82, 2.24) is 9.78 Å². The Kier molecular flexibility index (Phi) is 4.29. The van der Waals surface area contributed by atoms with Gasteiger partial charge in [-0.15, -0.1) is 0 Å². The lowest BCUT2D eigenvalue weighted by Crippen LogP contribution is -2.05. The van der Waals surface area contributed by atoms with Gasteiger partial charge in [-0.2, -0.15) is 5.10 Å². The summed E-state index contributed by atoms with van der Waals surface area (Å²) in [5, 5.41) is 15.4. The quantitative estimate of drug-likeness (QED) is 0.520. The number of aromatic nitrogens is 2. The van der Waals surface area contributed by atoms with Gasteiger partial charge in [0.1, 0.15) is 22.9 Å². The summed E-state index contributed by atoms with van der Waals surface area (Å²) in [6.45, 7) is 3.76. The fourth-order valence-corrected chi connectivity index (χ4v) is 2.62. The molecule has 0 radical (unpaired) electrons. The Hall–Kier alpha value is -3.15. The topological polar surface area (TPSA) is 70.2 Å². The second-order valence-corrected chi connectivity index (χ2v) is 5.46. The van der Waals surface area contributed by atoms with E-state index in [1.165, 1.54) is 0 Å². The molecule has 3 rings (SSSR count). The first-order valence-corrected chi connectivity index (χ1v) is 7.55. The van der Waals surface area contributed by atoms with Crippen LogP contribution in [0, 0.1) is 24.0 Å². The lowest BCUT2D eigenvalue weighted by atomic mass is 10.2. The molecule has 0 aliphatic rings. The Morgan fingerprint density at radius 2 is 1.75 bits per heavy atom. The fraction of sp³-hybridized carbons (Fsp3) is 0.167. The molecule has 0 aliphatic carbocycles. The number of nitrogens with zero attached hydrogens (tertiary/aromatic N) is 3. The van der Waals surface area contributed by atoms with Crippen LogP contribution in [-0.2, 0) is 6.54 Å². The van der Waals surface area contributed by atoms with Gasteiger partial charge in [0.15, 0.2) is 0 Å². The smallest absolute Gasteiger partial charge is 0.312 e. The first-order chi connectivity index (χ1) is 11.6. The van der Waals surface area contributed by atoms with Crippen molar-refractivity contribution in [3.8, 4) is 11.5 Å². The average Bonchev–Trinajstić information content (AvgIpc) is 2.84. The zero-order chi connectivity index (χ0) is 17.1. The Morgan fingerprint density at radius 1 is 1.08 bits per heavy atom. The predicted molar refractivity (Wildman–Crippen MR) is 90.4 cm³/mol.